The average molecular weight is 319 g/mol. The zero-order valence-electron chi connectivity index (χ0n) is 11.7. The van der Waals surface area contributed by atoms with E-state index in [1.807, 2.05) is 24.5 Å². The van der Waals surface area contributed by atoms with E-state index in [9.17, 15) is 9.90 Å². The van der Waals surface area contributed by atoms with Crippen LogP contribution in [0.1, 0.15) is 15.9 Å². The molecule has 1 aromatic heterocycles. The first-order valence-corrected chi connectivity index (χ1v) is 7.66. The number of benzene rings is 1. The molecule has 1 aromatic carbocycles. The molecule has 0 saturated heterocycles. The third kappa shape index (κ3) is 2.91. The molecule has 8 heteroatoms. The lowest BCUT2D eigenvalue weighted by atomic mass is 10.2. The topological polar surface area (TPSA) is 93.6 Å². The van der Waals surface area contributed by atoms with Crippen LogP contribution in [0.2, 0.25) is 0 Å². The third-order valence-electron chi connectivity index (χ3n) is 3.08. The minimum atomic E-state index is -1.07. The molecule has 0 bridgehead atoms. The molecule has 0 fully saturated rings. The van der Waals surface area contributed by atoms with E-state index in [-0.39, 0.29) is 12.4 Å². The van der Waals surface area contributed by atoms with Gasteiger partial charge in [-0.15, -0.1) is 0 Å². The van der Waals surface area contributed by atoms with Gasteiger partial charge in [0.2, 0.25) is 6.79 Å². The van der Waals surface area contributed by atoms with E-state index in [0.29, 0.717) is 29.0 Å². The van der Waals surface area contributed by atoms with Crippen LogP contribution in [0.25, 0.3) is 0 Å². The van der Waals surface area contributed by atoms with E-state index < -0.39 is 5.97 Å². The van der Waals surface area contributed by atoms with E-state index in [1.54, 1.807) is 0 Å². The predicted molar refractivity (Wildman–Crippen MR) is 80.7 cm³/mol. The van der Waals surface area contributed by atoms with Crippen LogP contribution in [0.3, 0.4) is 0 Å². The Kier molecular flexibility index (Phi) is 4.01. The summed E-state index contributed by atoms with van der Waals surface area (Å²) in [5.41, 5.74) is 0.975. The number of hydrogen-bond acceptors (Lipinski definition) is 7. The van der Waals surface area contributed by atoms with E-state index in [0.717, 1.165) is 5.56 Å². The van der Waals surface area contributed by atoms with Crippen LogP contribution in [0, 0.1) is 0 Å². The van der Waals surface area contributed by atoms with Crippen LogP contribution in [-0.4, -0.2) is 34.1 Å². The van der Waals surface area contributed by atoms with Crippen LogP contribution >= 0.6 is 11.8 Å². The fourth-order valence-corrected chi connectivity index (χ4v) is 2.33. The van der Waals surface area contributed by atoms with Crippen molar-refractivity contribution in [1.82, 2.24) is 9.97 Å². The van der Waals surface area contributed by atoms with Crippen molar-refractivity contribution in [1.29, 1.82) is 0 Å². The summed E-state index contributed by atoms with van der Waals surface area (Å²) >= 11 is 1.35. The molecule has 0 unspecified atom stereocenters. The molecular formula is C14H13N3O4S. The maximum Gasteiger partial charge on any atom is 0.341 e. The number of carboxylic acids is 1. The van der Waals surface area contributed by atoms with Crippen LogP contribution in [0.15, 0.2) is 29.6 Å². The summed E-state index contributed by atoms with van der Waals surface area (Å²) in [5.74, 6) is 0.622. The first-order valence-electron chi connectivity index (χ1n) is 6.44. The molecule has 0 amide bonds. The summed E-state index contributed by atoms with van der Waals surface area (Å²) < 4.78 is 10.6. The molecule has 114 valence electrons. The Morgan fingerprint density at radius 2 is 2.23 bits per heavy atom. The van der Waals surface area contributed by atoms with Crippen molar-refractivity contribution < 1.29 is 19.4 Å². The van der Waals surface area contributed by atoms with Gasteiger partial charge >= 0.3 is 5.97 Å². The van der Waals surface area contributed by atoms with Gasteiger partial charge in [-0.05, 0) is 24.0 Å². The van der Waals surface area contributed by atoms with Crippen molar-refractivity contribution >= 4 is 23.5 Å². The number of fused-ring (bicyclic) bond motifs is 1. The van der Waals surface area contributed by atoms with Gasteiger partial charge in [0.05, 0.1) is 0 Å². The lowest BCUT2D eigenvalue weighted by Gasteiger charge is -2.09. The molecule has 2 heterocycles. The Morgan fingerprint density at radius 3 is 3.00 bits per heavy atom. The number of rotatable bonds is 5. The highest BCUT2D eigenvalue weighted by Gasteiger charge is 2.15. The van der Waals surface area contributed by atoms with Gasteiger partial charge in [-0.3, -0.25) is 0 Å². The average Bonchev–Trinajstić information content (AvgIpc) is 3.00. The monoisotopic (exact) mass is 319 g/mol. The van der Waals surface area contributed by atoms with Gasteiger partial charge in [0.15, 0.2) is 16.7 Å². The maximum absolute atomic E-state index is 11.2. The van der Waals surface area contributed by atoms with Gasteiger partial charge in [-0.25, -0.2) is 14.8 Å². The number of hydrogen-bond donors (Lipinski definition) is 2. The fraction of sp³-hybridized carbons (Fsp3) is 0.214. The summed E-state index contributed by atoms with van der Waals surface area (Å²) in [6, 6.07) is 5.56. The third-order valence-corrected chi connectivity index (χ3v) is 3.64. The Bertz CT molecular complexity index is 723. The quantitative estimate of drug-likeness (QED) is 0.640. The summed E-state index contributed by atoms with van der Waals surface area (Å²) in [6.45, 7) is 0.639. The van der Waals surface area contributed by atoms with E-state index in [4.69, 9.17) is 9.47 Å². The van der Waals surface area contributed by atoms with Crippen molar-refractivity contribution in [2.45, 2.75) is 11.7 Å². The van der Waals surface area contributed by atoms with Gasteiger partial charge in [0.25, 0.3) is 0 Å². The summed E-state index contributed by atoms with van der Waals surface area (Å²) in [7, 11) is 0. The van der Waals surface area contributed by atoms with Gasteiger partial charge in [-0.2, -0.15) is 0 Å². The molecule has 0 spiro atoms. The van der Waals surface area contributed by atoms with Gasteiger partial charge in [0, 0.05) is 12.7 Å². The highest BCUT2D eigenvalue weighted by Crippen LogP contribution is 2.32. The van der Waals surface area contributed by atoms with Gasteiger partial charge < -0.3 is 19.9 Å². The molecule has 0 saturated carbocycles. The molecule has 0 radical (unpaired) electrons. The number of nitrogens with one attached hydrogen (secondary N) is 1. The number of anilines is 1. The second-order valence-electron chi connectivity index (χ2n) is 4.47. The van der Waals surface area contributed by atoms with Gasteiger partial charge in [0.1, 0.15) is 11.4 Å². The standard InChI is InChI=1S/C14H13N3O4S/c1-22-14-16-6-9(13(18)19)12(17-14)15-5-8-2-3-10-11(4-8)21-7-20-10/h2-4,6H,5,7H2,1H3,(H,18,19)(H,15,16,17). The Hall–Kier alpha value is -2.48. The van der Waals surface area contributed by atoms with Gasteiger partial charge in [-0.1, -0.05) is 17.8 Å². The smallest absolute Gasteiger partial charge is 0.341 e. The van der Waals surface area contributed by atoms with E-state index in [2.05, 4.69) is 15.3 Å². The van der Waals surface area contributed by atoms with Crippen molar-refractivity contribution in [3.8, 4) is 11.5 Å². The van der Waals surface area contributed by atoms with Crippen LogP contribution in [0.4, 0.5) is 5.82 Å². The Labute approximate surface area is 130 Å². The van der Waals surface area contributed by atoms with Crippen molar-refractivity contribution in [3.63, 3.8) is 0 Å². The lowest BCUT2D eigenvalue weighted by molar-refractivity contribution is 0.0697. The largest absolute Gasteiger partial charge is 0.477 e. The highest BCUT2D eigenvalue weighted by molar-refractivity contribution is 7.98. The molecule has 1 aliphatic rings. The number of aromatic nitrogens is 2. The minimum Gasteiger partial charge on any atom is -0.477 e. The zero-order chi connectivity index (χ0) is 15.5. The molecule has 1 aliphatic heterocycles. The Morgan fingerprint density at radius 1 is 1.41 bits per heavy atom. The Balaban J connectivity index is 1.79. The minimum absolute atomic E-state index is 0.0403. The van der Waals surface area contributed by atoms with E-state index >= 15 is 0 Å². The molecule has 0 aliphatic carbocycles. The first-order chi connectivity index (χ1) is 10.7. The molecule has 22 heavy (non-hydrogen) atoms. The van der Waals surface area contributed by atoms with Crippen LogP contribution < -0.4 is 14.8 Å². The zero-order valence-corrected chi connectivity index (χ0v) is 12.5. The molecular weight excluding hydrogens is 306 g/mol. The number of nitrogens with zero attached hydrogens (tertiary/aromatic N) is 2. The van der Waals surface area contributed by atoms with Crippen molar-refractivity contribution in [2.75, 3.05) is 18.4 Å². The second-order valence-corrected chi connectivity index (χ2v) is 5.24. The molecule has 2 N–H and O–H groups in total. The predicted octanol–water partition coefficient (Wildman–Crippen LogP) is 2.24. The highest BCUT2D eigenvalue weighted by atomic mass is 32.2. The summed E-state index contributed by atoms with van der Waals surface area (Å²) in [4.78, 5) is 19.4. The fourth-order valence-electron chi connectivity index (χ4n) is 1.99. The molecule has 0 atom stereocenters. The lowest BCUT2D eigenvalue weighted by Crippen LogP contribution is -2.10. The van der Waals surface area contributed by atoms with Crippen molar-refractivity contribution in [3.05, 3.63) is 35.5 Å². The normalized spacial score (nSPS) is 12.2. The number of carboxylic acid groups (broad SMARTS) is 1. The van der Waals surface area contributed by atoms with Crippen LogP contribution in [-0.2, 0) is 6.54 Å². The summed E-state index contributed by atoms with van der Waals surface area (Å²) in [6.07, 6.45) is 3.14. The number of aromatic carboxylic acids is 1. The van der Waals surface area contributed by atoms with E-state index in [1.165, 1.54) is 18.0 Å². The van der Waals surface area contributed by atoms with Crippen LogP contribution in [0.5, 0.6) is 11.5 Å². The summed E-state index contributed by atoms with van der Waals surface area (Å²) in [5, 5.41) is 12.7. The molecule has 7 nitrogen and oxygen atoms in total. The number of ether oxygens (including phenoxy) is 2. The SMILES string of the molecule is CSc1ncc(C(=O)O)c(NCc2ccc3c(c2)OCO3)n1. The molecule has 2 aromatic rings. The number of carbonyl (C=O) groups is 1. The molecule has 3 rings (SSSR count). The second kappa shape index (κ2) is 6.10. The number of thioether (sulfide) groups is 1. The first kappa shape index (κ1) is 14.5. The van der Waals surface area contributed by atoms with Crippen molar-refractivity contribution in [2.24, 2.45) is 0 Å². The maximum atomic E-state index is 11.2.